The van der Waals surface area contributed by atoms with Gasteiger partial charge in [-0.25, -0.2) is 18.1 Å². The van der Waals surface area contributed by atoms with Crippen LogP contribution in [0.3, 0.4) is 0 Å². The van der Waals surface area contributed by atoms with Crippen molar-refractivity contribution in [2.45, 2.75) is 36.4 Å². The monoisotopic (exact) mass is 406 g/mol. The molecule has 1 saturated carbocycles. The van der Waals surface area contributed by atoms with Crippen molar-refractivity contribution >= 4 is 27.5 Å². The smallest absolute Gasteiger partial charge is 0.233 e. The van der Waals surface area contributed by atoms with Crippen molar-refractivity contribution in [3.8, 4) is 5.69 Å². The fourth-order valence-electron chi connectivity index (χ4n) is 3.24. The van der Waals surface area contributed by atoms with Crippen LogP contribution in [-0.4, -0.2) is 64.3 Å². The summed E-state index contributed by atoms with van der Waals surface area (Å²) in [7, 11) is -1.32. The largest absolute Gasteiger partial charge is 0.341 e. The Morgan fingerprint density at radius 1 is 1.26 bits per heavy atom. The van der Waals surface area contributed by atoms with E-state index in [4.69, 9.17) is 0 Å². The van der Waals surface area contributed by atoms with Crippen LogP contribution >= 0.6 is 11.8 Å². The average molecular weight is 407 g/mol. The van der Waals surface area contributed by atoms with Crippen LogP contribution in [0.15, 0.2) is 35.5 Å². The van der Waals surface area contributed by atoms with Gasteiger partial charge in [0, 0.05) is 19.0 Å². The van der Waals surface area contributed by atoms with Gasteiger partial charge in [0.1, 0.15) is 5.82 Å². The van der Waals surface area contributed by atoms with Gasteiger partial charge >= 0.3 is 0 Å². The first-order valence-electron chi connectivity index (χ1n) is 9.04. The number of carbonyl (C=O) groups excluding carboxylic acids is 1. The first-order valence-corrected chi connectivity index (χ1v) is 11.8. The summed E-state index contributed by atoms with van der Waals surface area (Å²) in [6.45, 7) is 0. The summed E-state index contributed by atoms with van der Waals surface area (Å²) in [4.78, 5) is 18.7. The first kappa shape index (κ1) is 18.5. The number of nitrogens with zero attached hydrogens (tertiary/aromatic N) is 4. The highest BCUT2D eigenvalue weighted by atomic mass is 32.2. The van der Waals surface area contributed by atoms with Crippen LogP contribution in [0.4, 0.5) is 0 Å². The molecule has 7 nitrogen and oxygen atoms in total. The molecular weight excluding hydrogens is 384 g/mol. The molecule has 27 heavy (non-hydrogen) atoms. The Morgan fingerprint density at radius 3 is 2.63 bits per heavy atom. The minimum atomic E-state index is -3.01. The fraction of sp³-hybridized carbons (Fsp3) is 0.500. The Labute approximate surface area is 163 Å². The molecule has 0 radical (unpaired) electrons. The fourth-order valence-corrected chi connectivity index (χ4v) is 5.77. The predicted molar refractivity (Wildman–Crippen MR) is 104 cm³/mol. The molecule has 2 aromatic rings. The van der Waals surface area contributed by atoms with Crippen molar-refractivity contribution in [3.05, 3.63) is 36.2 Å². The van der Waals surface area contributed by atoms with E-state index in [9.17, 15) is 13.2 Å². The summed E-state index contributed by atoms with van der Waals surface area (Å²) in [5, 5.41) is 5.18. The number of carbonyl (C=O) groups is 1. The number of thioether (sulfide) groups is 1. The summed E-state index contributed by atoms with van der Waals surface area (Å²) in [6.07, 6.45) is 2.75. The zero-order chi connectivity index (χ0) is 19.0. The molecule has 0 bridgehead atoms. The van der Waals surface area contributed by atoms with Gasteiger partial charge in [0.25, 0.3) is 0 Å². The van der Waals surface area contributed by atoms with Crippen molar-refractivity contribution in [2.75, 3.05) is 24.3 Å². The minimum Gasteiger partial charge on any atom is -0.341 e. The summed E-state index contributed by atoms with van der Waals surface area (Å²) in [5.41, 5.74) is 0.971. The predicted octanol–water partition coefficient (Wildman–Crippen LogP) is 1.88. The lowest BCUT2D eigenvalue weighted by molar-refractivity contribution is -0.128. The maximum Gasteiger partial charge on any atom is 0.233 e. The van der Waals surface area contributed by atoms with Crippen molar-refractivity contribution < 1.29 is 13.2 Å². The Hall–Kier alpha value is -1.87. The molecule has 1 aliphatic carbocycles. The van der Waals surface area contributed by atoms with Crippen LogP contribution in [0.25, 0.3) is 5.69 Å². The van der Waals surface area contributed by atoms with E-state index in [1.807, 2.05) is 35.0 Å². The molecule has 9 heteroatoms. The summed E-state index contributed by atoms with van der Waals surface area (Å²) >= 11 is 1.31. The normalized spacial score (nSPS) is 21.3. The molecule has 1 aliphatic heterocycles. The summed E-state index contributed by atoms with van der Waals surface area (Å²) < 4.78 is 25.1. The van der Waals surface area contributed by atoms with E-state index in [1.165, 1.54) is 11.8 Å². The third kappa shape index (κ3) is 4.19. The second-order valence-electron chi connectivity index (χ2n) is 7.12. The third-order valence-corrected chi connectivity index (χ3v) is 7.60. The van der Waals surface area contributed by atoms with E-state index in [0.717, 1.165) is 24.4 Å². The lowest BCUT2D eigenvalue weighted by atomic mass is 10.2. The number of amides is 1. The SMILES string of the molecule is CN(C(=O)CSc1nc(C2CC2)n(-c2ccccc2)n1)[C@H]1CCS(=O)(=O)C1. The highest BCUT2D eigenvalue weighted by molar-refractivity contribution is 7.99. The standard InChI is InChI=1S/C18H22N4O3S2/c1-21(15-9-10-27(24,25)12-15)16(23)11-26-18-19-17(13-7-8-13)22(20-18)14-5-3-2-4-6-14/h2-6,13,15H,7-12H2,1H3/t15-/m0/s1. The van der Waals surface area contributed by atoms with Gasteiger partial charge < -0.3 is 4.90 Å². The van der Waals surface area contributed by atoms with Crippen LogP contribution in [0, 0.1) is 0 Å². The molecule has 0 N–H and O–H groups in total. The van der Waals surface area contributed by atoms with Gasteiger partial charge in [-0.05, 0) is 31.4 Å². The molecule has 2 aliphatic rings. The molecule has 0 spiro atoms. The van der Waals surface area contributed by atoms with Crippen LogP contribution in [0.2, 0.25) is 0 Å². The number of hydrogen-bond acceptors (Lipinski definition) is 6. The van der Waals surface area contributed by atoms with E-state index >= 15 is 0 Å². The van der Waals surface area contributed by atoms with Gasteiger partial charge in [-0.1, -0.05) is 30.0 Å². The number of hydrogen-bond donors (Lipinski definition) is 0. The Morgan fingerprint density at radius 2 is 2.00 bits per heavy atom. The molecule has 1 amide bonds. The zero-order valence-electron chi connectivity index (χ0n) is 15.1. The van der Waals surface area contributed by atoms with E-state index in [2.05, 4.69) is 10.1 Å². The van der Waals surface area contributed by atoms with Gasteiger partial charge in [0.2, 0.25) is 11.1 Å². The van der Waals surface area contributed by atoms with Gasteiger partial charge in [-0.3, -0.25) is 4.79 Å². The molecule has 1 aromatic heterocycles. The molecule has 0 unspecified atom stereocenters. The Kier molecular flexibility index (Phi) is 4.98. The van der Waals surface area contributed by atoms with E-state index < -0.39 is 9.84 Å². The lowest BCUT2D eigenvalue weighted by Crippen LogP contribution is -2.38. The molecule has 1 aromatic carbocycles. The average Bonchev–Trinajstić information content (AvgIpc) is 3.32. The van der Waals surface area contributed by atoms with Crippen LogP contribution in [0.1, 0.15) is 31.0 Å². The molecule has 2 heterocycles. The van der Waals surface area contributed by atoms with E-state index in [0.29, 0.717) is 17.5 Å². The highest BCUT2D eigenvalue weighted by Gasteiger charge is 2.33. The minimum absolute atomic E-state index is 0.0621. The molecule has 144 valence electrons. The van der Waals surface area contributed by atoms with Gasteiger partial charge in [0.05, 0.1) is 22.9 Å². The van der Waals surface area contributed by atoms with Crippen molar-refractivity contribution in [1.82, 2.24) is 19.7 Å². The number of para-hydroxylation sites is 1. The Balaban J connectivity index is 1.43. The lowest BCUT2D eigenvalue weighted by Gasteiger charge is -2.22. The second-order valence-corrected chi connectivity index (χ2v) is 10.3. The van der Waals surface area contributed by atoms with Crippen molar-refractivity contribution in [1.29, 1.82) is 0 Å². The number of aromatic nitrogens is 3. The second kappa shape index (κ2) is 7.27. The molecule has 2 fully saturated rings. The maximum atomic E-state index is 12.5. The highest BCUT2D eigenvalue weighted by Crippen LogP contribution is 2.40. The first-order chi connectivity index (χ1) is 12.9. The summed E-state index contributed by atoms with van der Waals surface area (Å²) in [5.74, 6) is 1.73. The van der Waals surface area contributed by atoms with E-state index in [1.54, 1.807) is 11.9 Å². The summed E-state index contributed by atoms with van der Waals surface area (Å²) in [6, 6.07) is 9.66. The van der Waals surface area contributed by atoms with Crippen molar-refractivity contribution in [2.24, 2.45) is 0 Å². The maximum absolute atomic E-state index is 12.5. The van der Waals surface area contributed by atoms with Gasteiger partial charge in [-0.2, -0.15) is 0 Å². The van der Waals surface area contributed by atoms with Crippen molar-refractivity contribution in [3.63, 3.8) is 0 Å². The molecular formula is C18H22N4O3S2. The molecule has 1 atom stereocenters. The van der Waals surface area contributed by atoms with Crippen LogP contribution in [-0.2, 0) is 14.6 Å². The topological polar surface area (TPSA) is 85.2 Å². The van der Waals surface area contributed by atoms with Gasteiger partial charge in [-0.15, -0.1) is 5.10 Å². The quantitative estimate of drug-likeness (QED) is 0.681. The van der Waals surface area contributed by atoms with E-state index in [-0.39, 0.29) is 29.2 Å². The number of sulfone groups is 1. The number of rotatable bonds is 6. The van der Waals surface area contributed by atoms with Crippen LogP contribution in [0.5, 0.6) is 0 Å². The van der Waals surface area contributed by atoms with Gasteiger partial charge in [0.15, 0.2) is 9.84 Å². The molecule has 4 rings (SSSR count). The number of benzene rings is 1. The third-order valence-electron chi connectivity index (χ3n) is 5.03. The molecule has 1 saturated heterocycles. The van der Waals surface area contributed by atoms with Crippen LogP contribution < -0.4 is 0 Å². The Bertz CT molecular complexity index is 939. The zero-order valence-corrected chi connectivity index (χ0v) is 16.7.